The summed E-state index contributed by atoms with van der Waals surface area (Å²) in [6.07, 6.45) is 23.6. The molecule has 0 unspecified atom stereocenters. The topological polar surface area (TPSA) is 26.3 Å². The highest BCUT2D eigenvalue weighted by Crippen LogP contribution is 2.34. The Kier molecular flexibility index (Phi) is 9.44. The molecule has 0 bridgehead atoms. The Labute approximate surface area is 143 Å². The summed E-state index contributed by atoms with van der Waals surface area (Å²) >= 11 is 0. The van der Waals surface area contributed by atoms with Crippen molar-refractivity contribution in [1.82, 2.24) is 0 Å². The Morgan fingerprint density at radius 2 is 1.57 bits per heavy atom. The summed E-state index contributed by atoms with van der Waals surface area (Å²) in [6, 6.07) is 0. The molecule has 2 nitrogen and oxygen atoms in total. The molecule has 2 aliphatic rings. The average molecular weight is 321 g/mol. The van der Waals surface area contributed by atoms with Crippen LogP contribution in [0.3, 0.4) is 0 Å². The normalized spacial score (nSPS) is 19.3. The predicted octanol–water partition coefficient (Wildman–Crippen LogP) is 6.20. The van der Waals surface area contributed by atoms with Crippen LogP contribution < -0.4 is 0 Å². The van der Waals surface area contributed by atoms with Gasteiger partial charge in [-0.25, -0.2) is 0 Å². The molecule has 2 heteroatoms. The van der Waals surface area contributed by atoms with Crippen LogP contribution in [0.25, 0.3) is 0 Å². The van der Waals surface area contributed by atoms with Crippen LogP contribution in [0.5, 0.6) is 0 Å². The molecule has 2 saturated carbocycles. The van der Waals surface area contributed by atoms with Crippen LogP contribution in [0.1, 0.15) is 96.3 Å². The largest absolute Gasteiger partial charge is 0.461 e. The third-order valence-electron chi connectivity index (χ3n) is 5.34. The van der Waals surface area contributed by atoms with Gasteiger partial charge in [0.2, 0.25) is 0 Å². The summed E-state index contributed by atoms with van der Waals surface area (Å²) in [5.41, 5.74) is 0. The van der Waals surface area contributed by atoms with E-state index >= 15 is 0 Å². The average Bonchev–Trinajstić information content (AvgIpc) is 3.39. The first-order valence-corrected chi connectivity index (χ1v) is 10.2. The highest BCUT2D eigenvalue weighted by Gasteiger charge is 2.19. The number of hydrogen-bond acceptors (Lipinski definition) is 2. The van der Waals surface area contributed by atoms with Gasteiger partial charge in [-0.1, -0.05) is 82.8 Å². The molecule has 0 radical (unpaired) electrons. The van der Waals surface area contributed by atoms with Crippen LogP contribution in [-0.2, 0) is 9.53 Å². The second-order valence-electron chi connectivity index (χ2n) is 7.61. The second-order valence-corrected chi connectivity index (χ2v) is 7.61. The maximum atomic E-state index is 11.7. The molecule has 0 N–H and O–H groups in total. The van der Waals surface area contributed by atoms with Crippen LogP contribution >= 0.6 is 0 Å². The van der Waals surface area contributed by atoms with Crippen LogP contribution in [0.2, 0.25) is 0 Å². The summed E-state index contributed by atoms with van der Waals surface area (Å²) in [4.78, 5) is 11.7. The van der Waals surface area contributed by atoms with E-state index in [9.17, 15) is 4.79 Å². The molecule has 2 fully saturated rings. The fourth-order valence-electron chi connectivity index (χ4n) is 3.60. The lowest BCUT2D eigenvalue weighted by molar-refractivity contribution is -0.142. The van der Waals surface area contributed by atoms with Gasteiger partial charge in [-0.15, -0.1) is 0 Å². The zero-order chi connectivity index (χ0) is 16.2. The fraction of sp³-hybridized carbons (Fsp3) is 0.857. The van der Waals surface area contributed by atoms with E-state index in [0.717, 1.165) is 18.3 Å². The van der Waals surface area contributed by atoms with E-state index in [1.807, 2.05) is 6.08 Å². The standard InChI is InChI=1S/C21H36O2/c22-21(23-18-10-14-19-11-7-5-8-12-19)15-9-4-2-1-3-6-13-20-16-17-20/h10,14,19-20H,1-9,11-13,15-18H2/b14-10+. The van der Waals surface area contributed by atoms with E-state index in [-0.39, 0.29) is 5.97 Å². The van der Waals surface area contributed by atoms with Gasteiger partial charge >= 0.3 is 5.97 Å². The summed E-state index contributed by atoms with van der Waals surface area (Å²) < 4.78 is 5.29. The lowest BCUT2D eigenvalue weighted by atomic mass is 9.89. The molecule has 0 aromatic rings. The molecule has 0 aromatic heterocycles. The quantitative estimate of drug-likeness (QED) is 0.243. The molecule has 2 aliphatic carbocycles. The predicted molar refractivity (Wildman–Crippen MR) is 96.3 cm³/mol. The van der Waals surface area contributed by atoms with Gasteiger partial charge in [0.05, 0.1) is 0 Å². The third-order valence-corrected chi connectivity index (χ3v) is 5.34. The number of esters is 1. The molecule has 23 heavy (non-hydrogen) atoms. The van der Waals surface area contributed by atoms with E-state index in [0.29, 0.717) is 13.0 Å². The Bertz CT molecular complexity index is 338. The van der Waals surface area contributed by atoms with Crippen molar-refractivity contribution in [2.45, 2.75) is 96.3 Å². The Morgan fingerprint density at radius 3 is 2.30 bits per heavy atom. The van der Waals surface area contributed by atoms with E-state index in [1.54, 1.807) is 0 Å². The van der Waals surface area contributed by atoms with Crippen molar-refractivity contribution < 1.29 is 9.53 Å². The maximum Gasteiger partial charge on any atom is 0.306 e. The van der Waals surface area contributed by atoms with Gasteiger partial charge < -0.3 is 4.74 Å². The van der Waals surface area contributed by atoms with Gasteiger partial charge in [-0.2, -0.15) is 0 Å². The zero-order valence-corrected chi connectivity index (χ0v) is 14.9. The SMILES string of the molecule is O=C(CCCCCCCCC1CC1)OC/C=C/C1CCCCC1. The van der Waals surface area contributed by atoms with Gasteiger partial charge in [0.15, 0.2) is 0 Å². The lowest BCUT2D eigenvalue weighted by Gasteiger charge is -2.17. The van der Waals surface area contributed by atoms with Crippen LogP contribution in [0.15, 0.2) is 12.2 Å². The Morgan fingerprint density at radius 1 is 0.870 bits per heavy atom. The highest BCUT2D eigenvalue weighted by molar-refractivity contribution is 5.69. The van der Waals surface area contributed by atoms with Crippen molar-refractivity contribution in [2.75, 3.05) is 6.61 Å². The molecule has 0 spiro atoms. The van der Waals surface area contributed by atoms with Crippen molar-refractivity contribution in [1.29, 1.82) is 0 Å². The van der Waals surface area contributed by atoms with Crippen LogP contribution in [-0.4, -0.2) is 12.6 Å². The number of carbonyl (C=O) groups is 1. The van der Waals surface area contributed by atoms with Gasteiger partial charge in [0.1, 0.15) is 6.61 Å². The minimum absolute atomic E-state index is 0.0213. The number of allylic oxidation sites excluding steroid dienone is 1. The minimum Gasteiger partial charge on any atom is -0.461 e. The van der Waals surface area contributed by atoms with Crippen LogP contribution in [0.4, 0.5) is 0 Å². The Balaban J connectivity index is 1.34. The number of unbranched alkanes of at least 4 members (excludes halogenated alkanes) is 5. The van der Waals surface area contributed by atoms with Crippen molar-refractivity contribution in [2.24, 2.45) is 11.8 Å². The van der Waals surface area contributed by atoms with Gasteiger partial charge in [0.25, 0.3) is 0 Å². The molecule has 0 amide bonds. The van der Waals surface area contributed by atoms with Gasteiger partial charge in [0, 0.05) is 6.42 Å². The number of rotatable bonds is 12. The summed E-state index contributed by atoms with van der Waals surface area (Å²) in [5, 5.41) is 0. The van der Waals surface area contributed by atoms with E-state index < -0.39 is 0 Å². The zero-order valence-electron chi connectivity index (χ0n) is 14.9. The van der Waals surface area contributed by atoms with Crippen molar-refractivity contribution in [3.63, 3.8) is 0 Å². The van der Waals surface area contributed by atoms with Gasteiger partial charge in [-0.3, -0.25) is 4.79 Å². The molecule has 0 heterocycles. The van der Waals surface area contributed by atoms with Crippen molar-refractivity contribution in [3.05, 3.63) is 12.2 Å². The smallest absolute Gasteiger partial charge is 0.306 e. The molecule has 132 valence electrons. The Hall–Kier alpha value is -0.790. The molecule has 0 aromatic carbocycles. The van der Waals surface area contributed by atoms with E-state index in [4.69, 9.17) is 4.74 Å². The summed E-state index contributed by atoms with van der Waals surface area (Å²) in [7, 11) is 0. The second kappa shape index (κ2) is 11.7. The van der Waals surface area contributed by atoms with E-state index in [1.165, 1.54) is 83.5 Å². The molecular weight excluding hydrogens is 284 g/mol. The lowest BCUT2D eigenvalue weighted by Crippen LogP contribution is -2.06. The first-order chi connectivity index (χ1) is 11.3. The van der Waals surface area contributed by atoms with Gasteiger partial charge in [-0.05, 0) is 31.1 Å². The van der Waals surface area contributed by atoms with Crippen molar-refractivity contribution in [3.8, 4) is 0 Å². The molecule has 0 aliphatic heterocycles. The first-order valence-electron chi connectivity index (χ1n) is 10.2. The first kappa shape index (κ1) is 18.5. The molecule has 0 atom stereocenters. The minimum atomic E-state index is -0.0213. The van der Waals surface area contributed by atoms with Crippen molar-refractivity contribution >= 4 is 5.97 Å². The maximum absolute atomic E-state index is 11.7. The highest BCUT2D eigenvalue weighted by atomic mass is 16.5. The molecular formula is C21H36O2. The molecule has 0 saturated heterocycles. The van der Waals surface area contributed by atoms with E-state index in [2.05, 4.69) is 6.08 Å². The monoisotopic (exact) mass is 320 g/mol. The number of carbonyl (C=O) groups excluding carboxylic acids is 1. The summed E-state index contributed by atoms with van der Waals surface area (Å²) in [6.45, 7) is 0.469. The summed E-state index contributed by atoms with van der Waals surface area (Å²) in [5.74, 6) is 1.78. The number of hydrogen-bond donors (Lipinski definition) is 0. The fourth-order valence-corrected chi connectivity index (χ4v) is 3.60. The number of ether oxygens (including phenoxy) is 1. The molecule has 2 rings (SSSR count). The third kappa shape index (κ3) is 9.84. The van der Waals surface area contributed by atoms with Crippen LogP contribution in [0, 0.1) is 11.8 Å².